The first-order valence-electron chi connectivity index (χ1n) is 5.99. The minimum Gasteiger partial charge on any atom is -0.399 e. The van der Waals surface area contributed by atoms with Gasteiger partial charge in [-0.1, -0.05) is 40.2 Å². The third kappa shape index (κ3) is 4.41. The van der Waals surface area contributed by atoms with E-state index in [9.17, 15) is 4.79 Å². The molecular weight excluding hydrogens is 304 g/mol. The van der Waals surface area contributed by atoms with E-state index in [1.807, 2.05) is 48.5 Å². The van der Waals surface area contributed by atoms with Gasteiger partial charge < -0.3 is 11.1 Å². The van der Waals surface area contributed by atoms with Crippen molar-refractivity contribution in [1.29, 1.82) is 0 Å². The number of nitrogen functional groups attached to an aromatic ring is 1. The highest BCUT2D eigenvalue weighted by atomic mass is 79.9. The van der Waals surface area contributed by atoms with E-state index >= 15 is 0 Å². The second-order valence-corrected chi connectivity index (χ2v) is 5.24. The Kier molecular flexibility index (Phi) is 4.58. The van der Waals surface area contributed by atoms with E-state index in [1.54, 1.807) is 0 Å². The molecule has 2 aromatic rings. The minimum atomic E-state index is -0.00600. The van der Waals surface area contributed by atoms with Crippen molar-refractivity contribution in [1.82, 2.24) is 5.32 Å². The van der Waals surface area contributed by atoms with Crippen LogP contribution >= 0.6 is 15.9 Å². The van der Waals surface area contributed by atoms with Crippen molar-refractivity contribution in [2.24, 2.45) is 0 Å². The first-order chi connectivity index (χ1) is 9.13. The fourth-order valence-electron chi connectivity index (χ4n) is 1.75. The topological polar surface area (TPSA) is 55.1 Å². The summed E-state index contributed by atoms with van der Waals surface area (Å²) in [6, 6.07) is 15.2. The number of nitrogens with two attached hydrogens (primary N) is 1. The highest BCUT2D eigenvalue weighted by Crippen LogP contribution is 2.10. The third-order valence-corrected chi connectivity index (χ3v) is 3.25. The Morgan fingerprint density at radius 3 is 2.53 bits per heavy atom. The lowest BCUT2D eigenvalue weighted by Crippen LogP contribution is -2.24. The summed E-state index contributed by atoms with van der Waals surface area (Å²) >= 11 is 3.38. The van der Waals surface area contributed by atoms with E-state index in [0.717, 1.165) is 15.6 Å². The molecule has 0 heterocycles. The molecule has 0 fully saturated rings. The predicted molar refractivity (Wildman–Crippen MR) is 80.5 cm³/mol. The van der Waals surface area contributed by atoms with Crippen molar-refractivity contribution in [2.45, 2.75) is 13.0 Å². The maximum absolute atomic E-state index is 11.8. The van der Waals surface area contributed by atoms with Gasteiger partial charge in [0, 0.05) is 16.7 Å². The van der Waals surface area contributed by atoms with Gasteiger partial charge in [-0.2, -0.15) is 0 Å². The molecule has 3 N–H and O–H groups in total. The van der Waals surface area contributed by atoms with E-state index in [1.165, 1.54) is 0 Å². The Morgan fingerprint density at radius 2 is 1.84 bits per heavy atom. The van der Waals surface area contributed by atoms with E-state index < -0.39 is 0 Å². The predicted octanol–water partition coefficient (Wildman–Crippen LogP) is 2.89. The zero-order chi connectivity index (χ0) is 13.7. The van der Waals surface area contributed by atoms with Gasteiger partial charge in [-0.3, -0.25) is 4.79 Å². The maximum atomic E-state index is 11.8. The van der Waals surface area contributed by atoms with Crippen molar-refractivity contribution in [3.63, 3.8) is 0 Å². The summed E-state index contributed by atoms with van der Waals surface area (Å²) in [4.78, 5) is 11.8. The summed E-state index contributed by atoms with van der Waals surface area (Å²) < 4.78 is 1.03. The fraction of sp³-hybridized carbons (Fsp3) is 0.133. The van der Waals surface area contributed by atoms with Crippen LogP contribution in [0.3, 0.4) is 0 Å². The lowest BCUT2D eigenvalue weighted by atomic mass is 10.1. The molecule has 2 aromatic carbocycles. The number of carbonyl (C=O) groups is 1. The van der Waals surface area contributed by atoms with Crippen LogP contribution in [0.15, 0.2) is 53.0 Å². The quantitative estimate of drug-likeness (QED) is 0.852. The second kappa shape index (κ2) is 6.38. The summed E-state index contributed by atoms with van der Waals surface area (Å²) in [7, 11) is 0. The van der Waals surface area contributed by atoms with Gasteiger partial charge in [-0.15, -0.1) is 0 Å². The van der Waals surface area contributed by atoms with Crippen LogP contribution in [0.1, 0.15) is 11.1 Å². The third-order valence-electron chi connectivity index (χ3n) is 2.72. The first kappa shape index (κ1) is 13.6. The Morgan fingerprint density at radius 1 is 1.11 bits per heavy atom. The molecule has 0 aromatic heterocycles. The largest absolute Gasteiger partial charge is 0.399 e. The SMILES string of the molecule is Nc1cccc(CC(=O)NCc2ccc(Br)cc2)c1. The van der Waals surface area contributed by atoms with E-state index in [0.29, 0.717) is 18.7 Å². The maximum Gasteiger partial charge on any atom is 0.224 e. The molecule has 0 unspecified atom stereocenters. The molecule has 0 aliphatic rings. The standard InChI is InChI=1S/C15H15BrN2O/c16-13-6-4-11(5-7-13)10-18-15(19)9-12-2-1-3-14(17)8-12/h1-8H,9-10,17H2,(H,18,19). The molecule has 1 amide bonds. The fourth-order valence-corrected chi connectivity index (χ4v) is 2.02. The van der Waals surface area contributed by atoms with Crippen LogP contribution in [0.2, 0.25) is 0 Å². The zero-order valence-electron chi connectivity index (χ0n) is 10.4. The molecule has 3 nitrogen and oxygen atoms in total. The Labute approximate surface area is 121 Å². The summed E-state index contributed by atoms with van der Waals surface area (Å²) in [5.74, 6) is -0.00600. The molecule has 0 atom stereocenters. The monoisotopic (exact) mass is 318 g/mol. The lowest BCUT2D eigenvalue weighted by Gasteiger charge is -2.06. The highest BCUT2D eigenvalue weighted by Gasteiger charge is 2.03. The first-order valence-corrected chi connectivity index (χ1v) is 6.78. The summed E-state index contributed by atoms with van der Waals surface area (Å²) in [6.07, 6.45) is 0.349. The van der Waals surface area contributed by atoms with Gasteiger partial charge in [0.1, 0.15) is 0 Å². The van der Waals surface area contributed by atoms with Crippen molar-refractivity contribution in [2.75, 3.05) is 5.73 Å². The molecular formula is C15H15BrN2O. The van der Waals surface area contributed by atoms with Crippen LogP contribution < -0.4 is 11.1 Å². The van der Waals surface area contributed by atoms with E-state index in [4.69, 9.17) is 5.73 Å². The van der Waals surface area contributed by atoms with Crippen molar-refractivity contribution in [3.8, 4) is 0 Å². The summed E-state index contributed by atoms with van der Waals surface area (Å²) in [5.41, 5.74) is 8.35. The molecule has 0 aliphatic heterocycles. The van der Waals surface area contributed by atoms with Gasteiger partial charge in [0.25, 0.3) is 0 Å². The molecule has 0 radical (unpaired) electrons. The van der Waals surface area contributed by atoms with Crippen LogP contribution in [-0.2, 0) is 17.8 Å². The van der Waals surface area contributed by atoms with Gasteiger partial charge in [-0.05, 0) is 35.4 Å². The Hall–Kier alpha value is -1.81. The number of benzene rings is 2. The van der Waals surface area contributed by atoms with E-state index in [-0.39, 0.29) is 5.91 Å². The normalized spacial score (nSPS) is 10.2. The number of anilines is 1. The smallest absolute Gasteiger partial charge is 0.224 e. The number of hydrogen-bond acceptors (Lipinski definition) is 2. The highest BCUT2D eigenvalue weighted by molar-refractivity contribution is 9.10. The molecule has 19 heavy (non-hydrogen) atoms. The van der Waals surface area contributed by atoms with Crippen molar-refractivity contribution >= 4 is 27.5 Å². The van der Waals surface area contributed by atoms with Crippen LogP contribution in [-0.4, -0.2) is 5.91 Å². The van der Waals surface area contributed by atoms with Crippen molar-refractivity contribution in [3.05, 3.63) is 64.1 Å². The van der Waals surface area contributed by atoms with Gasteiger partial charge in [0.15, 0.2) is 0 Å². The van der Waals surface area contributed by atoms with Crippen LogP contribution in [0.25, 0.3) is 0 Å². The molecule has 2 rings (SSSR count). The average molecular weight is 319 g/mol. The Balaban J connectivity index is 1.86. The molecule has 98 valence electrons. The number of halogens is 1. The summed E-state index contributed by atoms with van der Waals surface area (Å²) in [5, 5.41) is 2.89. The van der Waals surface area contributed by atoms with Gasteiger partial charge in [0.2, 0.25) is 5.91 Å². The molecule has 0 saturated carbocycles. The van der Waals surface area contributed by atoms with Gasteiger partial charge in [-0.25, -0.2) is 0 Å². The minimum absolute atomic E-state index is 0.00600. The molecule has 4 heteroatoms. The second-order valence-electron chi connectivity index (χ2n) is 4.33. The van der Waals surface area contributed by atoms with Crippen LogP contribution in [0.5, 0.6) is 0 Å². The van der Waals surface area contributed by atoms with Gasteiger partial charge in [0.05, 0.1) is 6.42 Å². The molecule has 0 spiro atoms. The molecule has 0 bridgehead atoms. The summed E-state index contributed by atoms with van der Waals surface area (Å²) in [6.45, 7) is 0.536. The Bertz CT molecular complexity index is 567. The van der Waals surface area contributed by atoms with Crippen LogP contribution in [0, 0.1) is 0 Å². The van der Waals surface area contributed by atoms with Crippen LogP contribution in [0.4, 0.5) is 5.69 Å². The molecule has 0 saturated heterocycles. The van der Waals surface area contributed by atoms with Crippen molar-refractivity contribution < 1.29 is 4.79 Å². The number of rotatable bonds is 4. The number of carbonyl (C=O) groups excluding carboxylic acids is 1. The number of amides is 1. The average Bonchev–Trinajstić information content (AvgIpc) is 2.38. The molecule has 0 aliphatic carbocycles. The lowest BCUT2D eigenvalue weighted by molar-refractivity contribution is -0.120. The van der Waals surface area contributed by atoms with E-state index in [2.05, 4.69) is 21.2 Å². The number of hydrogen-bond donors (Lipinski definition) is 2. The number of nitrogens with one attached hydrogen (secondary N) is 1. The zero-order valence-corrected chi connectivity index (χ0v) is 12.0. The van der Waals surface area contributed by atoms with Gasteiger partial charge >= 0.3 is 0 Å².